The van der Waals surface area contributed by atoms with Crippen LogP contribution in [-0.4, -0.2) is 16.8 Å². The Balaban J connectivity index is 2.09. The van der Waals surface area contributed by atoms with Gasteiger partial charge in [0.05, 0.1) is 5.57 Å². The Hall–Kier alpha value is -2.40. The summed E-state index contributed by atoms with van der Waals surface area (Å²) in [5.74, 6) is -0.965. The van der Waals surface area contributed by atoms with Crippen LogP contribution in [0.3, 0.4) is 0 Å². The smallest absolute Gasteiger partial charge is 0.294 e. The predicted octanol–water partition coefficient (Wildman–Crippen LogP) is 4.57. The number of carbonyl (C=O) groups is 2. The molecule has 3 rings (SSSR count). The third-order valence-corrected chi connectivity index (χ3v) is 5.15. The van der Waals surface area contributed by atoms with Crippen LogP contribution in [0.5, 0.6) is 0 Å². The highest BCUT2D eigenvalue weighted by atomic mass is 32.1. The van der Waals surface area contributed by atoms with Gasteiger partial charge in [0, 0.05) is 17.0 Å². The van der Waals surface area contributed by atoms with E-state index in [-0.39, 0.29) is 17.3 Å². The maximum absolute atomic E-state index is 12.8. The van der Waals surface area contributed by atoms with E-state index in [4.69, 9.17) is 0 Å². The molecule has 1 aromatic carbocycles. The average molecular weight is 355 g/mol. The lowest BCUT2D eigenvalue weighted by Gasteiger charge is -2.26. The van der Waals surface area contributed by atoms with Crippen molar-refractivity contribution in [1.29, 1.82) is 0 Å². The van der Waals surface area contributed by atoms with Crippen LogP contribution in [0.25, 0.3) is 0 Å². The third kappa shape index (κ3) is 3.24. The second-order valence-electron chi connectivity index (χ2n) is 6.71. The van der Waals surface area contributed by atoms with E-state index >= 15 is 0 Å². The van der Waals surface area contributed by atoms with E-state index in [0.717, 1.165) is 10.4 Å². The van der Waals surface area contributed by atoms with Crippen molar-refractivity contribution < 1.29 is 14.7 Å². The fraction of sp³-hybridized carbons (Fsp3) is 0.300. The lowest BCUT2D eigenvalue weighted by Crippen LogP contribution is -2.30. The molecule has 0 spiro atoms. The van der Waals surface area contributed by atoms with E-state index in [1.807, 2.05) is 62.5 Å². The van der Waals surface area contributed by atoms with Crippen LogP contribution in [-0.2, 0) is 9.59 Å². The van der Waals surface area contributed by atoms with Crippen molar-refractivity contribution in [2.75, 3.05) is 4.90 Å². The lowest BCUT2D eigenvalue weighted by molar-refractivity contribution is -0.118. The van der Waals surface area contributed by atoms with Crippen molar-refractivity contribution in [2.24, 2.45) is 5.92 Å². The van der Waals surface area contributed by atoms with Crippen LogP contribution in [0, 0.1) is 12.8 Å². The Morgan fingerprint density at radius 3 is 2.48 bits per heavy atom. The number of ketones is 1. The molecule has 0 aliphatic carbocycles. The average Bonchev–Trinajstić information content (AvgIpc) is 3.16. The van der Waals surface area contributed by atoms with Gasteiger partial charge >= 0.3 is 0 Å². The standard InChI is InChI=1S/C20H21NO3S/c1-12(2)11-15(22)17-18(16-5-4-10-25-16)21(20(24)19(17)23)14-8-6-13(3)7-9-14/h4-10,12,18,23H,11H2,1-3H3. The summed E-state index contributed by atoms with van der Waals surface area (Å²) in [7, 11) is 0. The number of benzene rings is 1. The van der Waals surface area contributed by atoms with E-state index in [0.29, 0.717) is 12.1 Å². The van der Waals surface area contributed by atoms with E-state index in [2.05, 4.69) is 0 Å². The first kappa shape index (κ1) is 17.4. The fourth-order valence-electron chi connectivity index (χ4n) is 3.06. The van der Waals surface area contributed by atoms with Crippen LogP contribution in [0.2, 0.25) is 0 Å². The van der Waals surface area contributed by atoms with Gasteiger partial charge in [0.25, 0.3) is 5.91 Å². The van der Waals surface area contributed by atoms with Gasteiger partial charge in [0.15, 0.2) is 11.5 Å². The Bertz CT molecular complexity index is 819. The number of amides is 1. The van der Waals surface area contributed by atoms with Crippen LogP contribution < -0.4 is 4.90 Å². The molecule has 0 saturated heterocycles. The van der Waals surface area contributed by atoms with Crippen LogP contribution in [0.4, 0.5) is 5.69 Å². The maximum atomic E-state index is 12.8. The normalized spacial score (nSPS) is 17.7. The molecule has 4 nitrogen and oxygen atoms in total. The van der Waals surface area contributed by atoms with Gasteiger partial charge in [-0.05, 0) is 36.4 Å². The minimum atomic E-state index is -0.568. The second-order valence-corrected chi connectivity index (χ2v) is 7.69. The van der Waals surface area contributed by atoms with Crippen molar-refractivity contribution in [3.05, 3.63) is 63.6 Å². The van der Waals surface area contributed by atoms with Gasteiger partial charge in [-0.3, -0.25) is 14.5 Å². The zero-order valence-electron chi connectivity index (χ0n) is 14.5. The molecule has 1 aliphatic rings. The molecule has 1 aliphatic heterocycles. The molecule has 1 unspecified atom stereocenters. The van der Waals surface area contributed by atoms with Gasteiger partial charge in [-0.2, -0.15) is 0 Å². The molecule has 0 bridgehead atoms. The fourth-order valence-corrected chi connectivity index (χ4v) is 3.88. The van der Waals surface area contributed by atoms with Crippen molar-refractivity contribution in [3.63, 3.8) is 0 Å². The number of thiophene rings is 1. The first-order valence-corrected chi connectivity index (χ1v) is 9.18. The number of nitrogens with zero attached hydrogens (tertiary/aromatic N) is 1. The minimum absolute atomic E-state index is 0.153. The molecule has 25 heavy (non-hydrogen) atoms. The molecule has 2 heterocycles. The Morgan fingerprint density at radius 1 is 1.24 bits per heavy atom. The summed E-state index contributed by atoms with van der Waals surface area (Å²) in [5, 5.41) is 12.4. The number of aryl methyl sites for hydroxylation is 1. The molecule has 2 aromatic rings. The third-order valence-electron chi connectivity index (χ3n) is 4.23. The Kier molecular flexibility index (Phi) is 4.77. The molecule has 1 N–H and O–H groups in total. The number of anilines is 1. The molecule has 0 radical (unpaired) electrons. The SMILES string of the molecule is Cc1ccc(N2C(=O)C(O)=C(C(=O)CC(C)C)C2c2cccs2)cc1. The summed E-state index contributed by atoms with van der Waals surface area (Å²) < 4.78 is 0. The second kappa shape index (κ2) is 6.84. The minimum Gasteiger partial charge on any atom is -0.503 e. The highest BCUT2D eigenvalue weighted by Gasteiger charge is 2.44. The van der Waals surface area contributed by atoms with Crippen molar-refractivity contribution in [1.82, 2.24) is 0 Å². The largest absolute Gasteiger partial charge is 0.503 e. The Labute approximate surface area is 151 Å². The molecular weight excluding hydrogens is 334 g/mol. The molecule has 1 amide bonds. The topological polar surface area (TPSA) is 57.6 Å². The van der Waals surface area contributed by atoms with Gasteiger partial charge < -0.3 is 5.11 Å². The maximum Gasteiger partial charge on any atom is 0.294 e. The highest BCUT2D eigenvalue weighted by molar-refractivity contribution is 7.10. The molecule has 1 aromatic heterocycles. The summed E-state index contributed by atoms with van der Waals surface area (Å²) in [5.41, 5.74) is 1.96. The van der Waals surface area contributed by atoms with Crippen molar-refractivity contribution in [3.8, 4) is 0 Å². The molecule has 1 atom stereocenters. The van der Waals surface area contributed by atoms with E-state index in [1.165, 1.54) is 16.2 Å². The van der Waals surface area contributed by atoms with E-state index in [1.54, 1.807) is 0 Å². The quantitative estimate of drug-likeness (QED) is 0.854. The number of hydrogen-bond acceptors (Lipinski definition) is 4. The van der Waals surface area contributed by atoms with Crippen LogP contribution >= 0.6 is 11.3 Å². The first-order valence-electron chi connectivity index (χ1n) is 8.30. The number of hydrogen-bond donors (Lipinski definition) is 1. The molecular formula is C20H21NO3S. The Morgan fingerprint density at radius 2 is 1.92 bits per heavy atom. The lowest BCUT2D eigenvalue weighted by atomic mass is 9.95. The van der Waals surface area contributed by atoms with Gasteiger partial charge in [-0.15, -0.1) is 11.3 Å². The predicted molar refractivity (Wildman–Crippen MR) is 99.8 cm³/mol. The monoisotopic (exact) mass is 355 g/mol. The molecule has 130 valence electrons. The zero-order valence-corrected chi connectivity index (χ0v) is 15.3. The summed E-state index contributed by atoms with van der Waals surface area (Å²) in [6.45, 7) is 5.87. The van der Waals surface area contributed by atoms with Crippen molar-refractivity contribution >= 4 is 28.7 Å². The summed E-state index contributed by atoms with van der Waals surface area (Å²) in [4.78, 5) is 27.9. The number of Topliss-reactive ketones (excluding diaryl/α,β-unsaturated/α-hetero) is 1. The summed E-state index contributed by atoms with van der Waals surface area (Å²) in [6.07, 6.45) is 0.302. The summed E-state index contributed by atoms with van der Waals surface area (Å²) in [6, 6.07) is 10.7. The van der Waals surface area contributed by atoms with Crippen molar-refractivity contribution in [2.45, 2.75) is 33.2 Å². The summed E-state index contributed by atoms with van der Waals surface area (Å²) >= 11 is 1.47. The van der Waals surface area contributed by atoms with Crippen LogP contribution in [0.1, 0.15) is 36.8 Å². The zero-order chi connectivity index (χ0) is 18.1. The number of rotatable bonds is 5. The number of aliphatic hydroxyl groups is 1. The van der Waals surface area contributed by atoms with Gasteiger partial charge in [0.2, 0.25) is 0 Å². The van der Waals surface area contributed by atoms with Gasteiger partial charge in [0.1, 0.15) is 6.04 Å². The van der Waals surface area contributed by atoms with E-state index < -0.39 is 17.7 Å². The van der Waals surface area contributed by atoms with Crippen LogP contribution in [0.15, 0.2) is 53.1 Å². The molecule has 0 fully saturated rings. The first-order chi connectivity index (χ1) is 11.9. The molecule has 0 saturated carbocycles. The number of aliphatic hydroxyl groups excluding tert-OH is 1. The van der Waals surface area contributed by atoms with E-state index in [9.17, 15) is 14.7 Å². The molecule has 5 heteroatoms. The van der Waals surface area contributed by atoms with Gasteiger partial charge in [-0.25, -0.2) is 0 Å². The van der Waals surface area contributed by atoms with Gasteiger partial charge in [-0.1, -0.05) is 37.6 Å². The number of carbonyl (C=O) groups excluding carboxylic acids is 2. The highest BCUT2D eigenvalue weighted by Crippen LogP contribution is 2.43.